The first-order chi connectivity index (χ1) is 12.4. The maximum absolute atomic E-state index is 12.1. The molecule has 0 saturated carbocycles. The van der Waals surface area contributed by atoms with E-state index in [1.54, 1.807) is 0 Å². The lowest BCUT2D eigenvalue weighted by Crippen LogP contribution is -2.36. The fraction of sp³-hybridized carbons (Fsp3) is 0.250. The van der Waals surface area contributed by atoms with Crippen molar-refractivity contribution < 1.29 is 19.1 Å². The van der Waals surface area contributed by atoms with Crippen LogP contribution < -0.4 is 10.6 Å². The molecule has 6 nitrogen and oxygen atoms in total. The molecule has 1 unspecified atom stereocenters. The molecule has 2 amide bonds. The standard InChI is InChI=1S/C20H22N2O4/c1-4-14-5-7-15(8-6-14)13(2)21-18(23)19(24)22-17-11-9-16(10-12-17)20(25)26-3/h5-13H,4H2,1-3H3,(H,21,23)(H,22,24). The second-order valence-electron chi connectivity index (χ2n) is 5.81. The van der Waals surface area contributed by atoms with Gasteiger partial charge in [0.05, 0.1) is 18.7 Å². The number of amides is 2. The molecule has 2 rings (SSSR count). The Morgan fingerprint density at radius 2 is 1.58 bits per heavy atom. The molecule has 0 aliphatic carbocycles. The largest absolute Gasteiger partial charge is 0.465 e. The molecule has 0 radical (unpaired) electrons. The summed E-state index contributed by atoms with van der Waals surface area (Å²) in [6.07, 6.45) is 0.943. The second kappa shape index (κ2) is 8.80. The molecule has 0 bridgehead atoms. The summed E-state index contributed by atoms with van der Waals surface area (Å²) < 4.78 is 4.61. The third kappa shape index (κ3) is 4.92. The zero-order chi connectivity index (χ0) is 19.1. The van der Waals surface area contributed by atoms with Gasteiger partial charge in [0.2, 0.25) is 0 Å². The van der Waals surface area contributed by atoms with Crippen LogP contribution in [0.2, 0.25) is 0 Å². The predicted molar refractivity (Wildman–Crippen MR) is 98.8 cm³/mol. The van der Waals surface area contributed by atoms with E-state index in [0.29, 0.717) is 11.3 Å². The summed E-state index contributed by atoms with van der Waals surface area (Å²) >= 11 is 0. The number of methoxy groups -OCH3 is 1. The van der Waals surface area contributed by atoms with Gasteiger partial charge in [-0.3, -0.25) is 9.59 Å². The van der Waals surface area contributed by atoms with Gasteiger partial charge in [-0.05, 0) is 48.7 Å². The Hall–Kier alpha value is -3.15. The van der Waals surface area contributed by atoms with Crippen molar-refractivity contribution in [1.82, 2.24) is 5.32 Å². The molecule has 0 aromatic heterocycles. The van der Waals surface area contributed by atoms with Gasteiger partial charge in [-0.2, -0.15) is 0 Å². The lowest BCUT2D eigenvalue weighted by molar-refractivity contribution is -0.136. The zero-order valence-corrected chi connectivity index (χ0v) is 15.0. The molecule has 1 atom stereocenters. The lowest BCUT2D eigenvalue weighted by Gasteiger charge is -2.14. The third-order valence-corrected chi connectivity index (χ3v) is 4.01. The Bertz CT molecular complexity index is 782. The molecule has 0 aliphatic rings. The van der Waals surface area contributed by atoms with Crippen molar-refractivity contribution in [2.45, 2.75) is 26.3 Å². The number of carbonyl (C=O) groups is 3. The van der Waals surface area contributed by atoms with Gasteiger partial charge in [0.25, 0.3) is 0 Å². The number of esters is 1. The Balaban J connectivity index is 1.94. The van der Waals surface area contributed by atoms with Crippen molar-refractivity contribution >= 4 is 23.5 Å². The maximum atomic E-state index is 12.1. The van der Waals surface area contributed by atoms with E-state index < -0.39 is 17.8 Å². The zero-order valence-electron chi connectivity index (χ0n) is 15.0. The number of hydrogen-bond acceptors (Lipinski definition) is 4. The normalized spacial score (nSPS) is 11.3. The van der Waals surface area contributed by atoms with Crippen LogP contribution in [-0.4, -0.2) is 24.9 Å². The fourth-order valence-electron chi connectivity index (χ4n) is 2.38. The van der Waals surface area contributed by atoms with E-state index >= 15 is 0 Å². The van der Waals surface area contributed by atoms with Gasteiger partial charge >= 0.3 is 17.8 Å². The molecule has 6 heteroatoms. The fourth-order valence-corrected chi connectivity index (χ4v) is 2.38. The minimum Gasteiger partial charge on any atom is -0.465 e. The molecule has 0 aliphatic heterocycles. The summed E-state index contributed by atoms with van der Waals surface area (Å²) in [5.74, 6) is -1.97. The van der Waals surface area contributed by atoms with E-state index in [9.17, 15) is 14.4 Å². The Morgan fingerprint density at radius 1 is 0.962 bits per heavy atom. The number of rotatable bonds is 5. The predicted octanol–water partition coefficient (Wildman–Crippen LogP) is 2.85. The molecule has 0 fully saturated rings. The van der Waals surface area contributed by atoms with Crippen LogP contribution in [0, 0.1) is 0 Å². The van der Waals surface area contributed by atoms with Crippen molar-refractivity contribution in [3.63, 3.8) is 0 Å². The first-order valence-electron chi connectivity index (χ1n) is 8.33. The van der Waals surface area contributed by atoms with Crippen LogP contribution in [0.25, 0.3) is 0 Å². The van der Waals surface area contributed by atoms with Crippen LogP contribution in [-0.2, 0) is 20.7 Å². The minimum atomic E-state index is -0.771. The first kappa shape index (κ1) is 19.2. The van der Waals surface area contributed by atoms with Crippen molar-refractivity contribution in [3.05, 3.63) is 65.2 Å². The van der Waals surface area contributed by atoms with E-state index in [-0.39, 0.29) is 6.04 Å². The average Bonchev–Trinajstić information content (AvgIpc) is 2.67. The summed E-state index contributed by atoms with van der Waals surface area (Å²) in [6.45, 7) is 3.89. The number of nitrogens with one attached hydrogen (secondary N) is 2. The van der Waals surface area contributed by atoms with Gasteiger partial charge < -0.3 is 15.4 Å². The van der Waals surface area contributed by atoms with Crippen molar-refractivity contribution in [3.8, 4) is 0 Å². The van der Waals surface area contributed by atoms with Crippen LogP contribution in [0.5, 0.6) is 0 Å². The van der Waals surface area contributed by atoms with E-state index in [0.717, 1.165) is 12.0 Å². The molecule has 2 N–H and O–H groups in total. The number of hydrogen-bond donors (Lipinski definition) is 2. The molecule has 26 heavy (non-hydrogen) atoms. The smallest absolute Gasteiger partial charge is 0.337 e. The molecule has 0 heterocycles. The van der Waals surface area contributed by atoms with Gasteiger partial charge in [0, 0.05) is 5.69 Å². The topological polar surface area (TPSA) is 84.5 Å². The number of benzene rings is 2. The Labute approximate surface area is 152 Å². The van der Waals surface area contributed by atoms with Crippen LogP contribution in [0.1, 0.15) is 41.4 Å². The highest BCUT2D eigenvalue weighted by Gasteiger charge is 2.17. The Kier molecular flexibility index (Phi) is 6.49. The summed E-state index contributed by atoms with van der Waals surface area (Å²) in [6, 6.07) is 13.7. The van der Waals surface area contributed by atoms with Crippen molar-refractivity contribution in [1.29, 1.82) is 0 Å². The summed E-state index contributed by atoms with van der Waals surface area (Å²) in [7, 11) is 1.29. The van der Waals surface area contributed by atoms with E-state index in [1.807, 2.05) is 31.2 Å². The highest BCUT2D eigenvalue weighted by molar-refractivity contribution is 6.39. The van der Waals surface area contributed by atoms with Crippen LogP contribution in [0.15, 0.2) is 48.5 Å². The van der Waals surface area contributed by atoms with Gasteiger partial charge in [0.15, 0.2) is 0 Å². The number of aryl methyl sites for hydroxylation is 1. The van der Waals surface area contributed by atoms with Crippen molar-refractivity contribution in [2.24, 2.45) is 0 Å². The lowest BCUT2D eigenvalue weighted by atomic mass is 10.1. The molecular formula is C20H22N2O4. The quantitative estimate of drug-likeness (QED) is 0.639. The summed E-state index contributed by atoms with van der Waals surface area (Å²) in [4.78, 5) is 35.5. The van der Waals surface area contributed by atoms with Gasteiger partial charge in [-0.15, -0.1) is 0 Å². The van der Waals surface area contributed by atoms with E-state index in [4.69, 9.17) is 0 Å². The summed E-state index contributed by atoms with van der Waals surface area (Å²) in [5.41, 5.74) is 2.91. The molecule has 136 valence electrons. The van der Waals surface area contributed by atoms with Crippen LogP contribution in [0.3, 0.4) is 0 Å². The number of carbonyl (C=O) groups excluding carboxylic acids is 3. The van der Waals surface area contributed by atoms with Gasteiger partial charge in [-0.1, -0.05) is 31.2 Å². The molecule has 2 aromatic carbocycles. The van der Waals surface area contributed by atoms with Crippen molar-refractivity contribution in [2.75, 3.05) is 12.4 Å². The number of ether oxygens (including phenoxy) is 1. The van der Waals surface area contributed by atoms with Gasteiger partial charge in [-0.25, -0.2) is 4.79 Å². The molecular weight excluding hydrogens is 332 g/mol. The second-order valence-corrected chi connectivity index (χ2v) is 5.81. The Morgan fingerprint density at radius 3 is 2.12 bits per heavy atom. The first-order valence-corrected chi connectivity index (χ1v) is 8.33. The monoisotopic (exact) mass is 354 g/mol. The van der Waals surface area contributed by atoms with Crippen LogP contribution >= 0.6 is 0 Å². The van der Waals surface area contributed by atoms with E-state index in [2.05, 4.69) is 22.3 Å². The maximum Gasteiger partial charge on any atom is 0.337 e. The van der Waals surface area contributed by atoms with Gasteiger partial charge in [0.1, 0.15) is 0 Å². The minimum absolute atomic E-state index is 0.291. The molecule has 2 aromatic rings. The highest BCUT2D eigenvalue weighted by Crippen LogP contribution is 2.14. The molecule has 0 spiro atoms. The highest BCUT2D eigenvalue weighted by atomic mass is 16.5. The summed E-state index contributed by atoms with van der Waals surface area (Å²) in [5, 5.41) is 5.17. The van der Waals surface area contributed by atoms with E-state index in [1.165, 1.54) is 36.9 Å². The van der Waals surface area contributed by atoms with Crippen LogP contribution in [0.4, 0.5) is 5.69 Å². The number of anilines is 1. The average molecular weight is 354 g/mol. The SMILES string of the molecule is CCc1ccc(C(C)NC(=O)C(=O)Nc2ccc(C(=O)OC)cc2)cc1. The third-order valence-electron chi connectivity index (χ3n) is 4.01. The molecule has 0 saturated heterocycles.